The van der Waals surface area contributed by atoms with Gasteiger partial charge in [0.1, 0.15) is 13.2 Å². The van der Waals surface area contributed by atoms with E-state index in [9.17, 15) is 14.4 Å². The van der Waals surface area contributed by atoms with Crippen LogP contribution in [0.4, 0.5) is 0 Å². The zero-order valence-corrected chi connectivity index (χ0v) is 43.2. The van der Waals surface area contributed by atoms with Crippen LogP contribution in [-0.2, 0) is 28.6 Å². The summed E-state index contributed by atoms with van der Waals surface area (Å²) < 4.78 is 16.7. The lowest BCUT2D eigenvalue weighted by Gasteiger charge is -2.18. The van der Waals surface area contributed by atoms with Crippen LogP contribution in [-0.4, -0.2) is 37.2 Å². The van der Waals surface area contributed by atoms with Gasteiger partial charge in [-0.15, -0.1) is 0 Å². The van der Waals surface area contributed by atoms with Crippen molar-refractivity contribution in [3.8, 4) is 0 Å². The number of hydrogen-bond acceptors (Lipinski definition) is 6. The highest BCUT2D eigenvalue weighted by Crippen LogP contribution is 2.16. The van der Waals surface area contributed by atoms with Gasteiger partial charge in [0.2, 0.25) is 0 Å². The maximum absolute atomic E-state index is 12.8. The Hall–Kier alpha value is -3.41. The molecule has 0 aliphatic heterocycles. The molecule has 0 saturated carbocycles. The fraction of sp³-hybridized carbons (Fsp3) is 0.717. The Balaban J connectivity index is 4.48. The number of hydrogen-bond donors (Lipinski definition) is 0. The number of ether oxygens (including phenoxy) is 3. The summed E-state index contributed by atoms with van der Waals surface area (Å²) in [4.78, 5) is 38.0. The summed E-state index contributed by atoms with van der Waals surface area (Å²) in [5.41, 5.74) is 0. The van der Waals surface area contributed by atoms with Crippen LogP contribution in [0.2, 0.25) is 0 Å². The third-order valence-corrected chi connectivity index (χ3v) is 11.7. The van der Waals surface area contributed by atoms with Crippen LogP contribution >= 0.6 is 0 Å². The fourth-order valence-corrected chi connectivity index (χ4v) is 7.55. The zero-order chi connectivity index (χ0) is 47.9. The standard InChI is InChI=1S/C60H102O6/c1-4-7-10-13-16-19-22-25-27-29-30-31-33-35-38-41-44-47-50-53-59(62)65-56-57(55-64-58(61)52-49-46-43-40-37-34-24-21-18-15-12-9-6-3)66-60(63)54-51-48-45-42-39-36-32-28-26-23-20-17-14-11-8-5-2/h8,11,17,20,26,28,34,36-37,39,43,45-46,48,57H,4-7,9-10,12-16,18-19,21-25,27,29-33,35,38,40-42,44,47,49-56H2,1-3H3/b11-8-,20-17-,28-26-,37-34-,39-36-,46-43-,48-45-. The van der Waals surface area contributed by atoms with E-state index < -0.39 is 12.1 Å². The molecule has 0 N–H and O–H groups in total. The quantitative estimate of drug-likeness (QED) is 0.0262. The van der Waals surface area contributed by atoms with Crippen LogP contribution in [0, 0.1) is 0 Å². The van der Waals surface area contributed by atoms with Gasteiger partial charge in [-0.25, -0.2) is 0 Å². The summed E-state index contributed by atoms with van der Waals surface area (Å²) >= 11 is 0. The average Bonchev–Trinajstić information content (AvgIpc) is 3.31. The Morgan fingerprint density at radius 2 is 0.621 bits per heavy atom. The van der Waals surface area contributed by atoms with Crippen LogP contribution in [0.15, 0.2) is 85.1 Å². The number of allylic oxidation sites excluding steroid dienone is 14. The van der Waals surface area contributed by atoms with Gasteiger partial charge in [0.25, 0.3) is 0 Å². The lowest BCUT2D eigenvalue weighted by Crippen LogP contribution is -2.30. The molecule has 0 spiro atoms. The summed E-state index contributed by atoms with van der Waals surface area (Å²) in [6.07, 6.45) is 70.3. The third-order valence-electron chi connectivity index (χ3n) is 11.7. The molecule has 0 bridgehead atoms. The zero-order valence-electron chi connectivity index (χ0n) is 43.2. The number of esters is 3. The SMILES string of the molecule is CC/C=C\C/C=C\C/C=C\C/C=C\C/C=C\CCC(=O)OC(COC(=O)CC/C=C\C/C=C\CCCCCCCC)COC(=O)CCCCCCCCCCCCCCCCCCCCC. The van der Waals surface area contributed by atoms with Crippen molar-refractivity contribution in [2.75, 3.05) is 13.2 Å². The van der Waals surface area contributed by atoms with Crippen LogP contribution in [0.25, 0.3) is 0 Å². The largest absolute Gasteiger partial charge is 0.462 e. The second-order valence-corrected chi connectivity index (χ2v) is 18.1. The van der Waals surface area contributed by atoms with E-state index in [4.69, 9.17) is 14.2 Å². The Morgan fingerprint density at radius 1 is 0.318 bits per heavy atom. The first kappa shape index (κ1) is 62.6. The molecular formula is C60H102O6. The molecule has 0 aromatic carbocycles. The maximum atomic E-state index is 12.8. The molecule has 66 heavy (non-hydrogen) atoms. The first-order valence-electron chi connectivity index (χ1n) is 27.6. The monoisotopic (exact) mass is 919 g/mol. The van der Waals surface area contributed by atoms with E-state index >= 15 is 0 Å². The molecule has 378 valence electrons. The van der Waals surface area contributed by atoms with Crippen molar-refractivity contribution in [3.05, 3.63) is 85.1 Å². The molecule has 0 aliphatic rings. The van der Waals surface area contributed by atoms with E-state index in [2.05, 4.69) is 87.6 Å². The normalized spacial score (nSPS) is 12.7. The van der Waals surface area contributed by atoms with Crippen molar-refractivity contribution in [1.82, 2.24) is 0 Å². The minimum absolute atomic E-state index is 0.121. The Labute approximate surface area is 407 Å². The summed E-state index contributed by atoms with van der Waals surface area (Å²) in [5.74, 6) is -1.07. The van der Waals surface area contributed by atoms with E-state index in [0.29, 0.717) is 19.3 Å². The van der Waals surface area contributed by atoms with Gasteiger partial charge in [-0.05, 0) is 70.6 Å². The molecule has 0 heterocycles. The molecule has 0 aromatic rings. The van der Waals surface area contributed by atoms with Crippen molar-refractivity contribution >= 4 is 17.9 Å². The number of carbonyl (C=O) groups excluding carboxylic acids is 3. The van der Waals surface area contributed by atoms with E-state index in [-0.39, 0.29) is 38.0 Å². The second-order valence-electron chi connectivity index (χ2n) is 18.1. The number of rotatable bonds is 49. The predicted octanol–water partition coefficient (Wildman–Crippen LogP) is 18.4. The first-order chi connectivity index (χ1) is 32.5. The van der Waals surface area contributed by atoms with Gasteiger partial charge in [0, 0.05) is 19.3 Å². The number of carbonyl (C=O) groups is 3. The molecular weight excluding hydrogens is 817 g/mol. The van der Waals surface area contributed by atoms with Gasteiger partial charge >= 0.3 is 17.9 Å². The highest BCUT2D eigenvalue weighted by atomic mass is 16.6. The van der Waals surface area contributed by atoms with Crippen LogP contribution in [0.1, 0.15) is 258 Å². The van der Waals surface area contributed by atoms with Crippen molar-refractivity contribution in [2.24, 2.45) is 0 Å². The molecule has 0 rings (SSSR count). The second kappa shape index (κ2) is 54.2. The summed E-state index contributed by atoms with van der Waals surface area (Å²) in [5, 5.41) is 0. The Kier molecular flexibility index (Phi) is 51.4. The smallest absolute Gasteiger partial charge is 0.306 e. The van der Waals surface area contributed by atoms with E-state index in [1.165, 1.54) is 141 Å². The summed E-state index contributed by atoms with van der Waals surface area (Å²) in [7, 11) is 0. The molecule has 6 heteroatoms. The number of unbranched alkanes of at least 4 members (excludes halogenated alkanes) is 24. The lowest BCUT2D eigenvalue weighted by molar-refractivity contribution is -0.166. The van der Waals surface area contributed by atoms with Gasteiger partial charge in [-0.2, -0.15) is 0 Å². The molecule has 0 amide bonds. The van der Waals surface area contributed by atoms with E-state index in [1.807, 2.05) is 18.2 Å². The van der Waals surface area contributed by atoms with Crippen LogP contribution < -0.4 is 0 Å². The Bertz CT molecular complexity index is 1290. The van der Waals surface area contributed by atoms with Gasteiger partial charge < -0.3 is 14.2 Å². The highest BCUT2D eigenvalue weighted by molar-refractivity contribution is 5.71. The highest BCUT2D eigenvalue weighted by Gasteiger charge is 2.19. The molecule has 0 radical (unpaired) electrons. The predicted molar refractivity (Wildman–Crippen MR) is 284 cm³/mol. The third kappa shape index (κ3) is 51.6. The summed E-state index contributed by atoms with van der Waals surface area (Å²) in [6.45, 7) is 6.42. The molecule has 0 saturated heterocycles. The minimum Gasteiger partial charge on any atom is -0.462 e. The maximum Gasteiger partial charge on any atom is 0.306 e. The first-order valence-corrected chi connectivity index (χ1v) is 27.6. The van der Waals surface area contributed by atoms with Crippen LogP contribution in [0.3, 0.4) is 0 Å². The fourth-order valence-electron chi connectivity index (χ4n) is 7.55. The van der Waals surface area contributed by atoms with Gasteiger partial charge in [-0.1, -0.05) is 254 Å². The van der Waals surface area contributed by atoms with Crippen molar-refractivity contribution in [3.63, 3.8) is 0 Å². The van der Waals surface area contributed by atoms with E-state index in [0.717, 1.165) is 64.2 Å². The molecule has 1 atom stereocenters. The lowest BCUT2D eigenvalue weighted by atomic mass is 10.0. The summed E-state index contributed by atoms with van der Waals surface area (Å²) in [6, 6.07) is 0. The van der Waals surface area contributed by atoms with Crippen molar-refractivity contribution < 1.29 is 28.6 Å². The van der Waals surface area contributed by atoms with Gasteiger partial charge in [-0.3, -0.25) is 14.4 Å². The van der Waals surface area contributed by atoms with Crippen molar-refractivity contribution in [2.45, 2.75) is 264 Å². The van der Waals surface area contributed by atoms with E-state index in [1.54, 1.807) is 0 Å². The molecule has 0 aromatic heterocycles. The van der Waals surface area contributed by atoms with Crippen LogP contribution in [0.5, 0.6) is 0 Å². The molecule has 1 unspecified atom stereocenters. The minimum atomic E-state index is -0.837. The average molecular weight is 919 g/mol. The van der Waals surface area contributed by atoms with Gasteiger partial charge in [0.15, 0.2) is 6.10 Å². The molecule has 6 nitrogen and oxygen atoms in total. The Morgan fingerprint density at radius 3 is 1.02 bits per heavy atom. The topological polar surface area (TPSA) is 78.9 Å². The van der Waals surface area contributed by atoms with Crippen molar-refractivity contribution in [1.29, 1.82) is 0 Å². The van der Waals surface area contributed by atoms with Gasteiger partial charge in [0.05, 0.1) is 0 Å². The molecule has 0 aliphatic carbocycles. The molecule has 0 fully saturated rings.